The van der Waals surface area contributed by atoms with Crippen molar-refractivity contribution in [2.24, 2.45) is 10.4 Å². The highest BCUT2D eigenvalue weighted by molar-refractivity contribution is 6.08. The van der Waals surface area contributed by atoms with Crippen molar-refractivity contribution < 1.29 is 86.0 Å². The molecule has 2 unspecified atom stereocenters. The number of aliphatic hydroxyl groups is 2. The van der Waals surface area contributed by atoms with Gasteiger partial charge in [-0.05, 0) is 52.8 Å². The van der Waals surface area contributed by atoms with Crippen LogP contribution >= 0.6 is 0 Å². The molecule has 0 radical (unpaired) electrons. The number of hydrogen-bond acceptors (Lipinski definition) is 21. The molecule has 0 aromatic heterocycles. The molecular formula is C48H58N6O19. The molecule has 73 heavy (non-hydrogen) atoms. The van der Waals surface area contributed by atoms with Crippen LogP contribution in [-0.2, 0) is 35.1 Å². The number of aldehydes is 1. The molecule has 0 saturated carbocycles. The smallest absolute Gasteiger partial charge is 0.321 e. The number of fused-ring (bicyclic) bond motifs is 1. The lowest BCUT2D eigenvalue weighted by Crippen LogP contribution is -2.15. The summed E-state index contributed by atoms with van der Waals surface area (Å²) in [6, 6.07) is 26.7. The molecule has 394 valence electrons. The van der Waals surface area contributed by atoms with Crippen LogP contribution in [0.3, 0.4) is 0 Å². The van der Waals surface area contributed by atoms with E-state index >= 15 is 0 Å². The number of nitro groups is 1. The zero-order chi connectivity index (χ0) is 53.8. The zero-order valence-corrected chi connectivity index (χ0v) is 40.2. The Kier molecular flexibility index (Phi) is 32.6. The Morgan fingerprint density at radius 2 is 1.25 bits per heavy atom. The highest BCUT2D eigenvalue weighted by Crippen LogP contribution is 2.36. The Bertz CT molecular complexity index is 2510. The third-order valence-electron chi connectivity index (χ3n) is 8.77. The normalized spacial score (nSPS) is 15.2. The summed E-state index contributed by atoms with van der Waals surface area (Å²) in [5, 5.41) is 78.7. The predicted molar refractivity (Wildman–Crippen MR) is 265 cm³/mol. The first kappa shape index (κ1) is 64.2. The first-order chi connectivity index (χ1) is 34.8. The second kappa shape index (κ2) is 37.1. The van der Waals surface area contributed by atoms with Crippen LogP contribution in [-0.4, -0.2) is 112 Å². The molecule has 0 saturated heterocycles. The molecule has 0 fully saturated rings. The first-order valence-electron chi connectivity index (χ1n) is 20.4. The second-order valence-electron chi connectivity index (χ2n) is 13.2. The number of carbonyl (C=O) groups excluding carboxylic acids is 1. The second-order valence-corrected chi connectivity index (χ2v) is 13.2. The highest BCUT2D eigenvalue weighted by atomic mass is 16.9. The van der Waals surface area contributed by atoms with Crippen molar-refractivity contribution in [2.45, 2.75) is 19.2 Å². The van der Waals surface area contributed by atoms with Gasteiger partial charge in [0.05, 0.1) is 55.0 Å². The van der Waals surface area contributed by atoms with Gasteiger partial charge in [0.1, 0.15) is 17.1 Å². The molecule has 2 atom stereocenters. The topological polar surface area (TPSA) is 360 Å². The van der Waals surface area contributed by atoms with Crippen LogP contribution < -0.4 is 5.23 Å². The minimum absolute atomic E-state index is 0. The fourth-order valence-electron chi connectivity index (χ4n) is 5.56. The average Bonchev–Trinajstić information content (AvgIpc) is 3.75. The van der Waals surface area contributed by atoms with Crippen LogP contribution in [0.4, 0.5) is 22.7 Å². The van der Waals surface area contributed by atoms with Gasteiger partial charge in [-0.1, -0.05) is 85.0 Å². The molecule has 25 heteroatoms. The summed E-state index contributed by atoms with van der Waals surface area (Å²) in [4.78, 5) is 45.3. The minimum atomic E-state index is -1.08. The summed E-state index contributed by atoms with van der Waals surface area (Å²) in [5.74, 6) is 0. The first-order valence-corrected chi connectivity index (χ1v) is 20.4. The van der Waals surface area contributed by atoms with E-state index in [1.807, 2.05) is 18.2 Å². The number of ether oxygens (including phenoxy) is 5. The van der Waals surface area contributed by atoms with Gasteiger partial charge in [-0.15, -0.1) is 15.0 Å². The molecule has 1 heterocycles. The maximum atomic E-state index is 10.5. The Morgan fingerprint density at radius 3 is 1.75 bits per heavy atom. The fraction of sp³-hybridized carbons (Fsp3) is 0.188. The number of nitrogens with zero attached hydrogens (tertiary/aromatic N) is 6. The summed E-state index contributed by atoms with van der Waals surface area (Å²) < 4.78 is 23.9. The monoisotopic (exact) mass is 1020 g/mol. The summed E-state index contributed by atoms with van der Waals surface area (Å²) in [7, 11) is 8.36. The highest BCUT2D eigenvalue weighted by Gasteiger charge is 2.28. The Hall–Kier alpha value is -8.79. The van der Waals surface area contributed by atoms with Crippen LogP contribution in [0.5, 0.6) is 0 Å². The largest absolute Gasteiger partial charge is 1.00 e. The zero-order valence-electron chi connectivity index (χ0n) is 41.2. The van der Waals surface area contributed by atoms with Gasteiger partial charge in [0, 0.05) is 68.3 Å². The molecule has 3 aliphatic rings. The quantitative estimate of drug-likeness (QED) is 0.0123. The van der Waals surface area contributed by atoms with Gasteiger partial charge in [0.25, 0.3) is 11.4 Å². The van der Waals surface area contributed by atoms with E-state index in [-0.39, 0.29) is 51.8 Å². The van der Waals surface area contributed by atoms with Crippen LogP contribution in [0.25, 0.3) is 0 Å². The van der Waals surface area contributed by atoms with E-state index in [1.54, 1.807) is 103 Å². The standard InChI is InChI=1S/C8H9NO3.C8H10NO3.3C8H9NO3.C7H5NO2.CH4O.H2O.H/c1-11-8-6-4-2-3-5-7(6)9(10)12-8;3*1-12-6-7-4-2-3-5-8(7)9(10)11;1-12-8(10)6-4-2-3-5-7(6)9-11;9-5-6-3-1-2-4-7(6)8-10;1-2;;/h2-5,8,10H,1H3;2-6,10-11H,1H3;2-5H,6H2,1H3;2-6H,1H3,(H,10,11);2-5,8,10H,1H3;1-5H;2H,1H3;1H2;/q;+1;;;;;;;-1. The summed E-state index contributed by atoms with van der Waals surface area (Å²) in [6.45, 7) is 0.275. The van der Waals surface area contributed by atoms with E-state index in [0.717, 1.165) is 17.9 Å². The van der Waals surface area contributed by atoms with Gasteiger partial charge in [0.15, 0.2) is 12.6 Å². The van der Waals surface area contributed by atoms with Crippen molar-refractivity contribution in [1.82, 2.24) is 0 Å². The molecule has 0 amide bonds. The number of aliphatic hydroxyl groups excluding tert-OH is 2. The molecular weight excluding hydrogens is 965 g/mol. The van der Waals surface area contributed by atoms with Crippen LogP contribution in [0.1, 0.15) is 41.1 Å². The molecule has 2 aliphatic carbocycles. The Labute approximate surface area is 419 Å². The van der Waals surface area contributed by atoms with Gasteiger partial charge < -0.3 is 46.0 Å². The molecule has 8 N–H and O–H groups in total. The lowest BCUT2D eigenvalue weighted by molar-refractivity contribution is -0.954. The number of methoxy groups -OCH3 is 5. The van der Waals surface area contributed by atoms with Crippen molar-refractivity contribution in [2.75, 3.05) is 47.9 Å². The predicted octanol–water partition coefficient (Wildman–Crippen LogP) is 7.59. The van der Waals surface area contributed by atoms with E-state index in [2.05, 4.69) is 15.1 Å². The lowest BCUT2D eigenvalue weighted by Gasteiger charge is -2.08. The van der Waals surface area contributed by atoms with Gasteiger partial charge >= 0.3 is 5.71 Å². The number of nitro benzene ring substituents is 1. The summed E-state index contributed by atoms with van der Waals surface area (Å²) in [5.41, 5.74) is 4.87. The summed E-state index contributed by atoms with van der Waals surface area (Å²) in [6.07, 6.45) is 15.1. The summed E-state index contributed by atoms with van der Waals surface area (Å²) >= 11 is 0. The van der Waals surface area contributed by atoms with E-state index in [1.165, 1.54) is 72.3 Å². The molecule has 4 aromatic rings. The van der Waals surface area contributed by atoms with Crippen molar-refractivity contribution in [3.05, 3.63) is 217 Å². The SMILES string of the molecule is CO.COC(O)c1ccccc1N=O.COC1ON(O)c2ccccc21.COC=C1C=CC=C/C1=[N+](\[O-])O.COC=C1C=CC=CC1=[N+](O)O.COCc1ccccc1[N+](=O)[O-].O.O=Cc1ccccc1N=O.[H-]. The number of nitroso groups, excluding NO2 is 2. The number of anilines is 1. The third kappa shape index (κ3) is 21.8. The number of benzene rings is 4. The number of hydrogen-bond donors (Lipinski definition) is 6. The van der Waals surface area contributed by atoms with Crippen molar-refractivity contribution >= 4 is 40.5 Å². The number of carbonyl (C=O) groups is 1. The molecule has 0 bridgehead atoms. The molecule has 4 aromatic carbocycles. The molecule has 7 rings (SSSR count). The van der Waals surface area contributed by atoms with Gasteiger partial charge in [-0.3, -0.25) is 25.3 Å². The average molecular weight is 1020 g/mol. The van der Waals surface area contributed by atoms with E-state index in [0.29, 0.717) is 39.8 Å². The van der Waals surface area contributed by atoms with Crippen molar-refractivity contribution in [3.63, 3.8) is 0 Å². The van der Waals surface area contributed by atoms with E-state index in [9.17, 15) is 40.2 Å². The molecule has 25 nitrogen and oxygen atoms in total. The third-order valence-corrected chi connectivity index (χ3v) is 8.77. The Morgan fingerprint density at radius 1 is 0.740 bits per heavy atom. The van der Waals surface area contributed by atoms with E-state index in [4.69, 9.17) is 44.5 Å². The van der Waals surface area contributed by atoms with Crippen molar-refractivity contribution in [1.29, 1.82) is 0 Å². The van der Waals surface area contributed by atoms with Crippen LogP contribution in [0.15, 0.2) is 180 Å². The maximum Gasteiger partial charge on any atom is 0.321 e. The fourth-order valence-corrected chi connectivity index (χ4v) is 5.56. The van der Waals surface area contributed by atoms with E-state index < -0.39 is 17.5 Å². The van der Waals surface area contributed by atoms with Gasteiger partial charge in [0.2, 0.25) is 11.2 Å². The number of rotatable bonds is 11. The molecule has 1 aliphatic heterocycles. The van der Waals surface area contributed by atoms with Crippen molar-refractivity contribution in [3.8, 4) is 0 Å². The Balaban J connectivity index is 0. The van der Waals surface area contributed by atoms with Crippen LogP contribution in [0, 0.1) is 25.1 Å². The van der Waals surface area contributed by atoms with Gasteiger partial charge in [-0.25, -0.2) is 15.3 Å². The lowest BCUT2D eigenvalue weighted by atomic mass is 10.1. The number of para-hydroxylation sites is 2. The van der Waals surface area contributed by atoms with Gasteiger partial charge in [-0.2, -0.15) is 0 Å². The number of allylic oxidation sites excluding steroid dienone is 10. The minimum Gasteiger partial charge on any atom is -1.00 e. The maximum absolute atomic E-state index is 10.5. The van der Waals surface area contributed by atoms with Crippen LogP contribution in [0.2, 0.25) is 0 Å². The molecule has 0 spiro atoms.